The second-order valence-electron chi connectivity index (χ2n) is 7.63. The monoisotopic (exact) mass is 401 g/mol. The van der Waals surface area contributed by atoms with Gasteiger partial charge >= 0.3 is 5.97 Å². The van der Waals surface area contributed by atoms with E-state index in [1.54, 1.807) is 6.07 Å². The van der Waals surface area contributed by atoms with Crippen LogP contribution in [0.3, 0.4) is 0 Å². The summed E-state index contributed by atoms with van der Waals surface area (Å²) >= 11 is 0. The molecule has 4 rings (SSSR count). The smallest absolute Gasteiger partial charge is 0.338 e. The molecule has 0 bridgehead atoms. The average molecular weight is 401 g/mol. The van der Waals surface area contributed by atoms with Gasteiger partial charge in [-0.1, -0.05) is 67.1 Å². The van der Waals surface area contributed by atoms with E-state index in [-0.39, 0.29) is 23.1 Å². The molecule has 0 saturated heterocycles. The van der Waals surface area contributed by atoms with Crippen molar-refractivity contribution < 1.29 is 14.5 Å². The van der Waals surface area contributed by atoms with E-state index in [1.165, 1.54) is 6.07 Å². The fourth-order valence-corrected chi connectivity index (χ4v) is 3.95. The maximum atomic E-state index is 13.0. The average Bonchev–Trinajstić information content (AvgIpc) is 2.73. The summed E-state index contributed by atoms with van der Waals surface area (Å²) in [7, 11) is 0. The molecule has 0 aromatic heterocycles. The first-order chi connectivity index (χ1) is 14.6. The number of benzene rings is 3. The first-order valence-electron chi connectivity index (χ1n) is 10.2. The Morgan fingerprint density at radius 2 is 1.57 bits per heavy atom. The lowest BCUT2D eigenvalue weighted by Crippen LogP contribution is -2.18. The van der Waals surface area contributed by atoms with Crippen molar-refractivity contribution in [3.05, 3.63) is 111 Å². The molecule has 3 aromatic carbocycles. The van der Waals surface area contributed by atoms with Gasteiger partial charge in [0.05, 0.1) is 10.5 Å². The molecular formula is C25H23NO4. The fourth-order valence-electron chi connectivity index (χ4n) is 3.95. The third kappa shape index (κ3) is 4.25. The Kier molecular flexibility index (Phi) is 5.89. The summed E-state index contributed by atoms with van der Waals surface area (Å²) in [5.41, 5.74) is 3.85. The summed E-state index contributed by atoms with van der Waals surface area (Å²) in [4.78, 5) is 24.4. The lowest BCUT2D eigenvalue weighted by molar-refractivity contribution is -0.385. The van der Waals surface area contributed by atoms with Crippen LogP contribution in [0.1, 0.15) is 57.8 Å². The highest BCUT2D eigenvalue weighted by atomic mass is 16.6. The molecular weight excluding hydrogens is 378 g/mol. The number of carbonyl (C=O) groups is 1. The third-order valence-electron chi connectivity index (χ3n) is 5.70. The van der Waals surface area contributed by atoms with Gasteiger partial charge in [-0.05, 0) is 47.9 Å². The molecule has 1 aliphatic carbocycles. The van der Waals surface area contributed by atoms with Gasteiger partial charge in [-0.2, -0.15) is 0 Å². The Balaban J connectivity index is 1.72. The van der Waals surface area contributed by atoms with Crippen LogP contribution in [0.15, 0.2) is 72.8 Å². The molecule has 1 fully saturated rings. The van der Waals surface area contributed by atoms with Crippen molar-refractivity contribution >= 4 is 11.7 Å². The first-order valence-corrected chi connectivity index (χ1v) is 10.2. The van der Waals surface area contributed by atoms with Crippen molar-refractivity contribution in [2.24, 2.45) is 0 Å². The highest BCUT2D eigenvalue weighted by Gasteiger charge is 2.32. The number of hydrogen-bond acceptors (Lipinski definition) is 4. The minimum Gasteiger partial charge on any atom is -0.457 e. The zero-order chi connectivity index (χ0) is 20.9. The second kappa shape index (κ2) is 8.91. The zero-order valence-electron chi connectivity index (χ0n) is 16.6. The van der Waals surface area contributed by atoms with Gasteiger partial charge in [0.2, 0.25) is 0 Å². The zero-order valence-corrected chi connectivity index (χ0v) is 16.6. The van der Waals surface area contributed by atoms with Gasteiger partial charge in [0.15, 0.2) is 0 Å². The molecule has 0 spiro atoms. The van der Waals surface area contributed by atoms with E-state index in [9.17, 15) is 14.9 Å². The molecule has 1 saturated carbocycles. The van der Waals surface area contributed by atoms with Crippen molar-refractivity contribution in [1.82, 2.24) is 0 Å². The number of esters is 1. The largest absolute Gasteiger partial charge is 0.457 e. The Labute approximate surface area is 175 Å². The third-order valence-corrected chi connectivity index (χ3v) is 5.70. The fraction of sp³-hybridized carbons (Fsp3) is 0.240. The van der Waals surface area contributed by atoms with Crippen LogP contribution in [-0.4, -0.2) is 10.9 Å². The van der Waals surface area contributed by atoms with Crippen LogP contribution in [-0.2, 0) is 17.8 Å². The predicted molar refractivity (Wildman–Crippen MR) is 114 cm³/mol. The van der Waals surface area contributed by atoms with Crippen molar-refractivity contribution in [1.29, 1.82) is 0 Å². The van der Waals surface area contributed by atoms with E-state index in [2.05, 4.69) is 0 Å². The first kappa shape index (κ1) is 19.8. The summed E-state index contributed by atoms with van der Waals surface area (Å²) in [5, 5.41) is 11.8. The molecule has 0 aliphatic heterocycles. The molecule has 1 aliphatic rings. The Hall–Kier alpha value is -3.47. The van der Waals surface area contributed by atoms with Crippen molar-refractivity contribution in [2.45, 2.75) is 38.2 Å². The molecule has 30 heavy (non-hydrogen) atoms. The van der Waals surface area contributed by atoms with E-state index >= 15 is 0 Å². The van der Waals surface area contributed by atoms with Crippen LogP contribution in [0.5, 0.6) is 0 Å². The molecule has 0 heterocycles. The molecule has 0 radical (unpaired) electrons. The van der Waals surface area contributed by atoms with Gasteiger partial charge in [-0.15, -0.1) is 0 Å². The predicted octanol–water partition coefficient (Wildman–Crippen LogP) is 5.81. The molecule has 0 amide bonds. The van der Waals surface area contributed by atoms with Crippen LogP contribution >= 0.6 is 0 Å². The van der Waals surface area contributed by atoms with E-state index in [0.29, 0.717) is 17.5 Å². The van der Waals surface area contributed by atoms with Gasteiger partial charge in [-0.25, -0.2) is 4.79 Å². The molecule has 152 valence electrons. The summed E-state index contributed by atoms with van der Waals surface area (Å²) in [6.07, 6.45) is 3.33. The molecule has 0 N–H and O–H groups in total. The van der Waals surface area contributed by atoms with E-state index < -0.39 is 5.97 Å². The van der Waals surface area contributed by atoms with Crippen LogP contribution in [0, 0.1) is 10.1 Å². The number of nitrogens with zero attached hydrogens (tertiary/aromatic N) is 1. The summed E-state index contributed by atoms with van der Waals surface area (Å²) in [6, 6.07) is 22.2. The van der Waals surface area contributed by atoms with Gasteiger partial charge in [0.25, 0.3) is 5.69 Å². The van der Waals surface area contributed by atoms with Crippen molar-refractivity contribution in [3.63, 3.8) is 0 Å². The van der Waals surface area contributed by atoms with Crippen LogP contribution in [0.25, 0.3) is 0 Å². The number of rotatable bonds is 7. The number of ether oxygens (including phenoxy) is 1. The van der Waals surface area contributed by atoms with Crippen LogP contribution in [0.4, 0.5) is 5.69 Å². The maximum absolute atomic E-state index is 13.0. The van der Waals surface area contributed by atoms with E-state index in [4.69, 9.17) is 4.74 Å². The van der Waals surface area contributed by atoms with Gasteiger partial charge < -0.3 is 4.74 Å². The SMILES string of the molecule is O=C(OCc1ccccc1)c1ccc([N+](=O)[O-])c(C2CCC2)c1Cc1ccccc1. The molecule has 3 aromatic rings. The number of hydrogen-bond donors (Lipinski definition) is 0. The molecule has 0 unspecified atom stereocenters. The van der Waals surface area contributed by atoms with Crippen LogP contribution < -0.4 is 0 Å². The molecule has 5 nitrogen and oxygen atoms in total. The van der Waals surface area contributed by atoms with Crippen molar-refractivity contribution in [2.75, 3.05) is 0 Å². The topological polar surface area (TPSA) is 69.4 Å². The molecule has 0 atom stereocenters. The standard InChI is InChI=1S/C25H23NO4/c27-25(30-17-19-10-5-2-6-11-19)21-14-15-23(26(28)29)24(20-12-7-13-20)22(21)16-18-8-3-1-4-9-18/h1-6,8-11,14-15,20H,7,12-13,16-17H2. The lowest BCUT2D eigenvalue weighted by atomic mass is 9.75. The quantitative estimate of drug-likeness (QED) is 0.285. The van der Waals surface area contributed by atoms with Gasteiger partial charge in [-0.3, -0.25) is 10.1 Å². The van der Waals surface area contributed by atoms with Crippen molar-refractivity contribution in [3.8, 4) is 0 Å². The van der Waals surface area contributed by atoms with Crippen LogP contribution in [0.2, 0.25) is 0 Å². The second-order valence-corrected chi connectivity index (χ2v) is 7.63. The normalized spacial score (nSPS) is 13.5. The van der Waals surface area contributed by atoms with E-state index in [0.717, 1.165) is 36.0 Å². The number of nitro benzene ring substituents is 1. The summed E-state index contributed by atoms with van der Waals surface area (Å²) in [6.45, 7) is 0.167. The summed E-state index contributed by atoms with van der Waals surface area (Å²) < 4.78 is 5.57. The highest BCUT2D eigenvalue weighted by Crippen LogP contribution is 2.44. The molecule has 5 heteroatoms. The number of nitro groups is 1. The minimum atomic E-state index is -0.444. The van der Waals surface area contributed by atoms with Gasteiger partial charge in [0, 0.05) is 11.6 Å². The Bertz CT molecular complexity index is 1040. The Morgan fingerprint density at radius 1 is 0.933 bits per heavy atom. The Morgan fingerprint density at radius 3 is 2.13 bits per heavy atom. The maximum Gasteiger partial charge on any atom is 0.338 e. The number of carbonyl (C=O) groups excluding carboxylic acids is 1. The minimum absolute atomic E-state index is 0.102. The lowest BCUT2D eigenvalue weighted by Gasteiger charge is -2.28. The van der Waals surface area contributed by atoms with Gasteiger partial charge in [0.1, 0.15) is 6.61 Å². The van der Waals surface area contributed by atoms with E-state index in [1.807, 2.05) is 60.7 Å². The highest BCUT2D eigenvalue weighted by molar-refractivity contribution is 5.92. The summed E-state index contributed by atoms with van der Waals surface area (Å²) in [5.74, 6) is -0.328.